The summed E-state index contributed by atoms with van der Waals surface area (Å²) in [4.78, 5) is 6.43. The van der Waals surface area contributed by atoms with Crippen LogP contribution in [0.4, 0.5) is 0 Å². The molecule has 2 aromatic rings. The second kappa shape index (κ2) is 7.55. The van der Waals surface area contributed by atoms with Crippen LogP contribution in [0.1, 0.15) is 31.0 Å². The number of nitrogens with zero attached hydrogens (tertiary/aromatic N) is 2. The Labute approximate surface area is 131 Å². The predicted octanol–water partition coefficient (Wildman–Crippen LogP) is 3.65. The van der Waals surface area contributed by atoms with E-state index in [9.17, 15) is 0 Å². The van der Waals surface area contributed by atoms with Crippen LogP contribution >= 0.6 is 11.6 Å². The van der Waals surface area contributed by atoms with Gasteiger partial charge >= 0.3 is 0 Å². The lowest BCUT2D eigenvalue weighted by atomic mass is 9.98. The second-order valence-electron chi connectivity index (χ2n) is 5.28. The Hall–Kier alpha value is -1.42. The van der Waals surface area contributed by atoms with Crippen LogP contribution in [0.2, 0.25) is 5.02 Å². The zero-order valence-corrected chi connectivity index (χ0v) is 13.3. The highest BCUT2D eigenvalue weighted by Crippen LogP contribution is 2.27. The summed E-state index contributed by atoms with van der Waals surface area (Å²) in [6.07, 6.45) is 3.65. The standard InChI is InChI=1S/C17H22ClN3/c1-3-21(12-14-7-9-20-10-8-14)17(13(2)19)15-5-4-6-16(18)11-15/h4-11,13,17H,3,12,19H2,1-2H3. The van der Waals surface area contributed by atoms with Crippen molar-refractivity contribution in [3.63, 3.8) is 0 Å². The van der Waals surface area contributed by atoms with Gasteiger partial charge in [0.05, 0.1) is 0 Å². The fourth-order valence-corrected chi connectivity index (χ4v) is 2.87. The smallest absolute Gasteiger partial charge is 0.0500 e. The molecule has 2 atom stereocenters. The van der Waals surface area contributed by atoms with Crippen molar-refractivity contribution < 1.29 is 0 Å². The molecule has 0 saturated heterocycles. The second-order valence-corrected chi connectivity index (χ2v) is 5.71. The number of rotatable bonds is 6. The van der Waals surface area contributed by atoms with Gasteiger partial charge in [0.1, 0.15) is 0 Å². The quantitative estimate of drug-likeness (QED) is 0.886. The summed E-state index contributed by atoms with van der Waals surface area (Å²) in [5.74, 6) is 0. The molecule has 0 saturated carbocycles. The molecule has 4 heteroatoms. The first-order chi connectivity index (χ1) is 10.1. The molecule has 1 aromatic carbocycles. The third kappa shape index (κ3) is 4.27. The van der Waals surface area contributed by atoms with E-state index in [1.807, 2.05) is 49.6 Å². The molecule has 0 fully saturated rings. The summed E-state index contributed by atoms with van der Waals surface area (Å²) in [5.41, 5.74) is 8.65. The van der Waals surface area contributed by atoms with Gasteiger partial charge in [-0.2, -0.15) is 0 Å². The maximum Gasteiger partial charge on any atom is 0.0500 e. The molecule has 0 aliphatic carbocycles. The summed E-state index contributed by atoms with van der Waals surface area (Å²) >= 11 is 6.13. The SMILES string of the molecule is CCN(Cc1ccncc1)C(c1cccc(Cl)c1)C(C)N. The zero-order chi connectivity index (χ0) is 15.2. The van der Waals surface area contributed by atoms with Crippen LogP contribution in [0.15, 0.2) is 48.8 Å². The lowest BCUT2D eigenvalue weighted by Gasteiger charge is -2.34. The number of pyridine rings is 1. The largest absolute Gasteiger partial charge is 0.326 e. The van der Waals surface area contributed by atoms with Gasteiger partial charge in [-0.25, -0.2) is 0 Å². The van der Waals surface area contributed by atoms with Crippen molar-refractivity contribution in [2.45, 2.75) is 32.5 Å². The molecule has 21 heavy (non-hydrogen) atoms. The molecule has 2 rings (SSSR count). The molecular formula is C17H22ClN3. The molecule has 0 spiro atoms. The summed E-state index contributed by atoms with van der Waals surface area (Å²) in [7, 11) is 0. The number of aromatic nitrogens is 1. The van der Waals surface area contributed by atoms with Gasteiger partial charge in [0.2, 0.25) is 0 Å². The Kier molecular flexibility index (Phi) is 5.74. The van der Waals surface area contributed by atoms with Gasteiger partial charge in [0, 0.05) is 36.0 Å². The van der Waals surface area contributed by atoms with Crippen LogP contribution < -0.4 is 5.73 Å². The molecule has 0 bridgehead atoms. The first kappa shape index (κ1) is 16.0. The molecular weight excluding hydrogens is 282 g/mol. The summed E-state index contributed by atoms with van der Waals surface area (Å²) in [5, 5.41) is 0.748. The van der Waals surface area contributed by atoms with E-state index in [0.717, 1.165) is 23.7 Å². The van der Waals surface area contributed by atoms with Gasteiger partial charge in [-0.15, -0.1) is 0 Å². The molecule has 0 radical (unpaired) electrons. The first-order valence-electron chi connectivity index (χ1n) is 7.25. The van der Waals surface area contributed by atoms with Crippen molar-refractivity contribution in [3.05, 3.63) is 64.9 Å². The van der Waals surface area contributed by atoms with Crippen molar-refractivity contribution in [2.75, 3.05) is 6.54 Å². The van der Waals surface area contributed by atoms with Crippen LogP contribution in [0.25, 0.3) is 0 Å². The van der Waals surface area contributed by atoms with Crippen molar-refractivity contribution in [1.29, 1.82) is 0 Å². The van der Waals surface area contributed by atoms with Crippen molar-refractivity contribution in [1.82, 2.24) is 9.88 Å². The third-order valence-corrected chi connectivity index (χ3v) is 3.86. The van der Waals surface area contributed by atoms with Crippen molar-refractivity contribution in [3.8, 4) is 0 Å². The van der Waals surface area contributed by atoms with Crippen LogP contribution in [0.5, 0.6) is 0 Å². The maximum absolute atomic E-state index is 6.25. The van der Waals surface area contributed by atoms with Gasteiger partial charge in [0.25, 0.3) is 0 Å². The molecule has 0 aliphatic heterocycles. The van der Waals surface area contributed by atoms with Crippen molar-refractivity contribution in [2.24, 2.45) is 5.73 Å². The predicted molar refractivity (Wildman–Crippen MR) is 88.2 cm³/mol. The van der Waals surface area contributed by atoms with Gasteiger partial charge in [0.15, 0.2) is 0 Å². The lowest BCUT2D eigenvalue weighted by molar-refractivity contribution is 0.177. The first-order valence-corrected chi connectivity index (χ1v) is 7.63. The van der Waals surface area contributed by atoms with Gasteiger partial charge < -0.3 is 5.73 Å². The number of halogens is 1. The highest BCUT2D eigenvalue weighted by atomic mass is 35.5. The minimum Gasteiger partial charge on any atom is -0.326 e. The molecule has 2 unspecified atom stereocenters. The maximum atomic E-state index is 6.25. The summed E-state index contributed by atoms with van der Waals surface area (Å²) in [6, 6.07) is 12.2. The fraction of sp³-hybridized carbons (Fsp3) is 0.353. The molecule has 1 aromatic heterocycles. The Balaban J connectivity index is 2.26. The number of likely N-dealkylation sites (N-methyl/N-ethyl adjacent to an activating group) is 1. The molecule has 112 valence electrons. The van der Waals surface area contributed by atoms with E-state index in [1.54, 1.807) is 0 Å². The lowest BCUT2D eigenvalue weighted by Crippen LogP contribution is -2.39. The average Bonchev–Trinajstić information content (AvgIpc) is 2.47. The highest BCUT2D eigenvalue weighted by molar-refractivity contribution is 6.30. The molecule has 1 heterocycles. The fourth-order valence-electron chi connectivity index (χ4n) is 2.67. The van der Waals surface area contributed by atoms with E-state index in [4.69, 9.17) is 17.3 Å². The molecule has 3 nitrogen and oxygen atoms in total. The van der Waals surface area contributed by atoms with E-state index in [0.29, 0.717) is 0 Å². The van der Waals surface area contributed by atoms with E-state index < -0.39 is 0 Å². The van der Waals surface area contributed by atoms with Gasteiger partial charge in [-0.05, 0) is 48.9 Å². The molecule has 2 N–H and O–H groups in total. The van der Waals surface area contributed by atoms with E-state index in [-0.39, 0.29) is 12.1 Å². The van der Waals surface area contributed by atoms with Crippen LogP contribution in [0.3, 0.4) is 0 Å². The third-order valence-electron chi connectivity index (χ3n) is 3.62. The van der Waals surface area contributed by atoms with Crippen molar-refractivity contribution >= 4 is 11.6 Å². The normalized spacial score (nSPS) is 14.1. The summed E-state index contributed by atoms with van der Waals surface area (Å²) in [6.45, 7) is 5.96. The minimum absolute atomic E-state index is 0.0188. The average molecular weight is 304 g/mol. The Morgan fingerprint density at radius 1 is 1.24 bits per heavy atom. The number of hydrogen-bond donors (Lipinski definition) is 1. The molecule has 0 aliphatic rings. The van der Waals surface area contributed by atoms with Crippen LogP contribution in [-0.4, -0.2) is 22.5 Å². The number of benzene rings is 1. The zero-order valence-electron chi connectivity index (χ0n) is 12.5. The van der Waals surface area contributed by atoms with Gasteiger partial charge in [-0.1, -0.05) is 30.7 Å². The van der Waals surface area contributed by atoms with E-state index in [1.165, 1.54) is 5.56 Å². The topological polar surface area (TPSA) is 42.2 Å². The van der Waals surface area contributed by atoms with E-state index >= 15 is 0 Å². The highest BCUT2D eigenvalue weighted by Gasteiger charge is 2.23. The Morgan fingerprint density at radius 2 is 1.95 bits per heavy atom. The Morgan fingerprint density at radius 3 is 2.52 bits per heavy atom. The monoisotopic (exact) mass is 303 g/mol. The Bertz CT molecular complexity index is 557. The summed E-state index contributed by atoms with van der Waals surface area (Å²) < 4.78 is 0. The molecule has 0 amide bonds. The number of hydrogen-bond acceptors (Lipinski definition) is 3. The van der Waals surface area contributed by atoms with Gasteiger partial charge in [-0.3, -0.25) is 9.88 Å². The van der Waals surface area contributed by atoms with Crippen LogP contribution in [-0.2, 0) is 6.54 Å². The number of nitrogens with two attached hydrogens (primary N) is 1. The van der Waals surface area contributed by atoms with E-state index in [2.05, 4.69) is 22.9 Å². The van der Waals surface area contributed by atoms with Crippen LogP contribution in [0, 0.1) is 0 Å². The minimum atomic E-state index is 0.0188.